The summed E-state index contributed by atoms with van der Waals surface area (Å²) in [5.41, 5.74) is 1.60. The zero-order valence-electron chi connectivity index (χ0n) is 14.4. The predicted molar refractivity (Wildman–Crippen MR) is 104 cm³/mol. The highest BCUT2D eigenvalue weighted by Gasteiger charge is 2.25. The van der Waals surface area contributed by atoms with E-state index in [4.69, 9.17) is 0 Å². The van der Waals surface area contributed by atoms with E-state index in [1.54, 1.807) is 29.4 Å². The van der Waals surface area contributed by atoms with Gasteiger partial charge in [-0.2, -0.15) is 11.8 Å². The molecule has 0 bridgehead atoms. The molecule has 0 radical (unpaired) electrons. The van der Waals surface area contributed by atoms with Crippen LogP contribution in [0, 0.1) is 0 Å². The Kier molecular flexibility index (Phi) is 6.49. The standard InChI is InChI=1S/C19H22N4O2S/c24-18(21-16-7-4-8-20-14-16)17(13-15-5-2-1-3-6-15)22-19(25)23-9-11-26-12-10-23/h1-8,14,17H,9-13H2,(H,21,24)(H,22,25)/t17-/m1/s1. The predicted octanol–water partition coefficient (Wildman–Crippen LogP) is 2.39. The number of benzene rings is 1. The summed E-state index contributed by atoms with van der Waals surface area (Å²) < 4.78 is 0. The first kappa shape index (κ1) is 18.3. The SMILES string of the molecule is O=C(Nc1cccnc1)[C@@H](Cc1ccccc1)NC(=O)N1CCSCC1. The van der Waals surface area contributed by atoms with Gasteiger partial charge in [-0.25, -0.2) is 4.79 Å². The first-order chi connectivity index (χ1) is 12.7. The minimum atomic E-state index is -0.653. The highest BCUT2D eigenvalue weighted by atomic mass is 32.2. The van der Waals surface area contributed by atoms with Gasteiger partial charge in [0.05, 0.1) is 11.9 Å². The Morgan fingerprint density at radius 2 is 1.88 bits per heavy atom. The average Bonchev–Trinajstić information content (AvgIpc) is 2.69. The van der Waals surface area contributed by atoms with Gasteiger partial charge in [0.25, 0.3) is 0 Å². The lowest BCUT2D eigenvalue weighted by Gasteiger charge is -2.28. The van der Waals surface area contributed by atoms with Gasteiger partial charge in [-0.15, -0.1) is 0 Å². The molecule has 1 saturated heterocycles. The molecule has 26 heavy (non-hydrogen) atoms. The molecule has 3 amide bonds. The first-order valence-electron chi connectivity index (χ1n) is 8.60. The van der Waals surface area contributed by atoms with Crippen molar-refractivity contribution in [3.63, 3.8) is 0 Å². The summed E-state index contributed by atoms with van der Waals surface area (Å²) in [6.45, 7) is 1.41. The largest absolute Gasteiger partial charge is 0.326 e. The zero-order valence-corrected chi connectivity index (χ0v) is 15.2. The van der Waals surface area contributed by atoms with Crippen molar-refractivity contribution in [1.29, 1.82) is 0 Å². The minimum Gasteiger partial charge on any atom is -0.326 e. The van der Waals surface area contributed by atoms with E-state index in [1.807, 2.05) is 42.1 Å². The molecule has 0 unspecified atom stereocenters. The quantitative estimate of drug-likeness (QED) is 0.848. The number of pyridine rings is 1. The van der Waals surface area contributed by atoms with Gasteiger partial charge in [0.1, 0.15) is 6.04 Å². The number of carbonyl (C=O) groups is 2. The Hall–Kier alpha value is -2.54. The number of hydrogen-bond donors (Lipinski definition) is 2. The van der Waals surface area contributed by atoms with Crippen LogP contribution in [0.5, 0.6) is 0 Å². The molecule has 2 N–H and O–H groups in total. The van der Waals surface area contributed by atoms with Crippen LogP contribution >= 0.6 is 11.8 Å². The van der Waals surface area contributed by atoms with Crippen LogP contribution in [0.15, 0.2) is 54.9 Å². The number of amides is 3. The van der Waals surface area contributed by atoms with E-state index in [0.717, 1.165) is 17.1 Å². The third kappa shape index (κ3) is 5.23. The number of aromatic nitrogens is 1. The Balaban J connectivity index is 1.70. The maximum atomic E-state index is 12.8. The average molecular weight is 370 g/mol. The number of hydrogen-bond acceptors (Lipinski definition) is 4. The van der Waals surface area contributed by atoms with Gasteiger partial charge in [-0.05, 0) is 17.7 Å². The summed E-state index contributed by atoms with van der Waals surface area (Å²) >= 11 is 1.84. The molecule has 0 spiro atoms. The molecule has 0 aliphatic carbocycles. The fourth-order valence-corrected chi connectivity index (χ4v) is 3.64. The van der Waals surface area contributed by atoms with Crippen molar-refractivity contribution in [2.45, 2.75) is 12.5 Å². The maximum absolute atomic E-state index is 12.8. The molecule has 1 aromatic heterocycles. The Morgan fingerprint density at radius 1 is 1.12 bits per heavy atom. The smallest absolute Gasteiger partial charge is 0.318 e. The molecular weight excluding hydrogens is 348 g/mol. The van der Waals surface area contributed by atoms with Crippen molar-refractivity contribution in [1.82, 2.24) is 15.2 Å². The van der Waals surface area contributed by atoms with Crippen molar-refractivity contribution >= 4 is 29.4 Å². The van der Waals surface area contributed by atoms with E-state index in [0.29, 0.717) is 25.2 Å². The van der Waals surface area contributed by atoms with Gasteiger partial charge >= 0.3 is 6.03 Å². The second kappa shape index (κ2) is 9.24. The van der Waals surface area contributed by atoms with Crippen molar-refractivity contribution < 1.29 is 9.59 Å². The Labute approximate surface area is 157 Å². The molecule has 1 aliphatic heterocycles. The van der Waals surface area contributed by atoms with Gasteiger partial charge in [0, 0.05) is 37.2 Å². The first-order valence-corrected chi connectivity index (χ1v) is 9.76. The molecule has 2 aromatic rings. The Bertz CT molecular complexity index is 721. The number of urea groups is 1. The molecule has 7 heteroatoms. The number of nitrogens with one attached hydrogen (secondary N) is 2. The number of thioether (sulfide) groups is 1. The van der Waals surface area contributed by atoms with Gasteiger partial charge < -0.3 is 15.5 Å². The van der Waals surface area contributed by atoms with E-state index < -0.39 is 6.04 Å². The summed E-state index contributed by atoms with van der Waals surface area (Å²) in [7, 11) is 0. The molecular formula is C19H22N4O2S. The van der Waals surface area contributed by atoms with Crippen LogP contribution in [-0.4, -0.2) is 52.5 Å². The van der Waals surface area contributed by atoms with Crippen LogP contribution < -0.4 is 10.6 Å². The van der Waals surface area contributed by atoms with Crippen LogP contribution in [0.2, 0.25) is 0 Å². The summed E-state index contributed by atoms with van der Waals surface area (Å²) in [6.07, 6.45) is 3.66. The Morgan fingerprint density at radius 3 is 2.58 bits per heavy atom. The molecule has 136 valence electrons. The van der Waals surface area contributed by atoms with Crippen molar-refractivity contribution in [2.24, 2.45) is 0 Å². The molecule has 1 aliphatic rings. The van der Waals surface area contributed by atoms with Gasteiger partial charge in [-0.1, -0.05) is 30.3 Å². The molecule has 6 nitrogen and oxygen atoms in total. The topological polar surface area (TPSA) is 74.3 Å². The van der Waals surface area contributed by atoms with Crippen LogP contribution in [0.25, 0.3) is 0 Å². The third-order valence-electron chi connectivity index (χ3n) is 4.12. The summed E-state index contributed by atoms with van der Waals surface area (Å²) in [6, 6.07) is 12.4. The highest BCUT2D eigenvalue weighted by Crippen LogP contribution is 2.11. The fraction of sp³-hybridized carbons (Fsp3) is 0.316. The number of nitrogens with zero attached hydrogens (tertiary/aromatic N) is 2. The molecule has 1 fully saturated rings. The molecule has 2 heterocycles. The lowest BCUT2D eigenvalue weighted by Crippen LogP contribution is -2.52. The second-order valence-electron chi connectivity index (χ2n) is 6.02. The van der Waals surface area contributed by atoms with E-state index >= 15 is 0 Å². The van der Waals surface area contributed by atoms with E-state index in [9.17, 15) is 9.59 Å². The second-order valence-corrected chi connectivity index (χ2v) is 7.25. The van der Waals surface area contributed by atoms with Crippen LogP contribution in [-0.2, 0) is 11.2 Å². The third-order valence-corrected chi connectivity index (χ3v) is 5.07. The van der Waals surface area contributed by atoms with Crippen molar-refractivity contribution in [3.8, 4) is 0 Å². The number of anilines is 1. The zero-order chi connectivity index (χ0) is 18.2. The van der Waals surface area contributed by atoms with Gasteiger partial charge in [0.2, 0.25) is 5.91 Å². The van der Waals surface area contributed by atoms with Crippen LogP contribution in [0.4, 0.5) is 10.5 Å². The molecule has 1 aromatic carbocycles. The van der Waals surface area contributed by atoms with E-state index in [1.165, 1.54) is 0 Å². The normalized spacial score (nSPS) is 15.2. The molecule has 3 rings (SSSR count). The summed E-state index contributed by atoms with van der Waals surface area (Å²) in [5.74, 6) is 1.61. The summed E-state index contributed by atoms with van der Waals surface area (Å²) in [4.78, 5) is 31.1. The van der Waals surface area contributed by atoms with Crippen molar-refractivity contribution in [2.75, 3.05) is 29.9 Å². The van der Waals surface area contributed by atoms with Gasteiger partial charge in [-0.3, -0.25) is 9.78 Å². The minimum absolute atomic E-state index is 0.187. The lowest BCUT2D eigenvalue weighted by molar-refractivity contribution is -0.118. The van der Waals surface area contributed by atoms with Crippen molar-refractivity contribution in [3.05, 3.63) is 60.4 Å². The maximum Gasteiger partial charge on any atom is 0.318 e. The fourth-order valence-electron chi connectivity index (χ4n) is 2.73. The van der Waals surface area contributed by atoms with E-state index in [2.05, 4.69) is 15.6 Å². The lowest BCUT2D eigenvalue weighted by atomic mass is 10.1. The number of carbonyl (C=O) groups excluding carboxylic acids is 2. The highest BCUT2D eigenvalue weighted by molar-refractivity contribution is 7.99. The van der Waals surface area contributed by atoms with Gasteiger partial charge in [0.15, 0.2) is 0 Å². The van der Waals surface area contributed by atoms with E-state index in [-0.39, 0.29) is 11.9 Å². The van der Waals surface area contributed by atoms with Crippen LogP contribution in [0.3, 0.4) is 0 Å². The number of rotatable bonds is 5. The van der Waals surface area contributed by atoms with Crippen LogP contribution in [0.1, 0.15) is 5.56 Å². The molecule has 0 saturated carbocycles. The monoisotopic (exact) mass is 370 g/mol. The summed E-state index contributed by atoms with van der Waals surface area (Å²) in [5, 5.41) is 5.73. The molecule has 1 atom stereocenters.